The normalized spacial score (nSPS) is 10.3. The number of carbonyl (C=O) groups is 1. The predicted octanol–water partition coefficient (Wildman–Crippen LogP) is 4.44. The summed E-state index contributed by atoms with van der Waals surface area (Å²) in [6, 6.07) is 11.2. The summed E-state index contributed by atoms with van der Waals surface area (Å²) < 4.78 is 14.1. The van der Waals surface area contributed by atoms with E-state index < -0.39 is 5.97 Å². The van der Waals surface area contributed by atoms with Gasteiger partial charge >= 0.3 is 5.97 Å². The fourth-order valence-corrected chi connectivity index (χ4v) is 2.98. The molecule has 0 bridgehead atoms. The topological polar surface area (TPSA) is 37.3 Å². The molecule has 0 heterocycles. The van der Waals surface area contributed by atoms with Gasteiger partial charge in [0.25, 0.3) is 0 Å². The van der Waals surface area contributed by atoms with Crippen LogP contribution in [0.2, 0.25) is 0 Å². The van der Waals surface area contributed by atoms with Gasteiger partial charge in [-0.15, -0.1) is 0 Å². The first-order valence-corrected chi connectivity index (χ1v) is 6.63. The molecule has 0 aliphatic heterocycles. The van der Waals surface area contributed by atoms with Crippen LogP contribution in [0.15, 0.2) is 56.7 Å². The van der Waals surface area contributed by atoms with Crippen LogP contribution in [-0.2, 0) is 0 Å². The van der Waals surface area contributed by atoms with Crippen molar-refractivity contribution in [1.29, 1.82) is 0 Å². The summed E-state index contributed by atoms with van der Waals surface area (Å²) in [7, 11) is 0. The van der Waals surface area contributed by atoms with E-state index in [1.165, 1.54) is 30.0 Å². The van der Waals surface area contributed by atoms with Gasteiger partial charge in [0, 0.05) is 14.3 Å². The summed E-state index contributed by atoms with van der Waals surface area (Å²) >= 11 is 4.43. The highest BCUT2D eigenvalue weighted by Gasteiger charge is 2.09. The third-order valence-corrected chi connectivity index (χ3v) is 3.66. The summed E-state index contributed by atoms with van der Waals surface area (Å²) in [4.78, 5) is 12.1. The van der Waals surface area contributed by atoms with Crippen LogP contribution in [0.25, 0.3) is 0 Å². The molecule has 0 atom stereocenters. The molecule has 2 nitrogen and oxygen atoms in total. The van der Waals surface area contributed by atoms with Crippen LogP contribution in [0, 0.1) is 5.82 Å². The van der Waals surface area contributed by atoms with Crippen molar-refractivity contribution in [2.24, 2.45) is 0 Å². The number of hydrogen-bond donors (Lipinski definition) is 1. The fourth-order valence-electron chi connectivity index (χ4n) is 1.40. The van der Waals surface area contributed by atoms with Gasteiger partial charge in [-0.25, -0.2) is 9.18 Å². The maximum absolute atomic E-state index is 13.5. The van der Waals surface area contributed by atoms with E-state index in [1.54, 1.807) is 24.3 Å². The summed E-state index contributed by atoms with van der Waals surface area (Å²) in [5.74, 6) is -1.33. The van der Waals surface area contributed by atoms with E-state index in [9.17, 15) is 9.18 Å². The van der Waals surface area contributed by atoms with Crippen LogP contribution in [-0.4, -0.2) is 11.1 Å². The summed E-state index contributed by atoms with van der Waals surface area (Å²) in [5, 5.41) is 8.95. The molecule has 2 rings (SSSR count). The van der Waals surface area contributed by atoms with E-state index in [0.29, 0.717) is 14.3 Å². The molecule has 0 unspecified atom stereocenters. The second-order valence-corrected chi connectivity index (χ2v) is 5.54. The molecular formula is C13H8BrFO2S. The molecule has 0 saturated heterocycles. The smallest absolute Gasteiger partial charge is 0.335 e. The molecule has 0 fully saturated rings. The summed E-state index contributed by atoms with van der Waals surface area (Å²) in [6.07, 6.45) is 0. The zero-order valence-corrected chi connectivity index (χ0v) is 11.5. The SMILES string of the molecule is O=C(O)c1cc(Br)cc(Sc2ccccc2F)c1. The molecule has 0 saturated carbocycles. The quantitative estimate of drug-likeness (QED) is 0.906. The molecular weight excluding hydrogens is 319 g/mol. The lowest BCUT2D eigenvalue weighted by Crippen LogP contribution is -1.96. The minimum atomic E-state index is -1.01. The first-order valence-electron chi connectivity index (χ1n) is 5.02. The third-order valence-electron chi connectivity index (χ3n) is 2.18. The van der Waals surface area contributed by atoms with Crippen LogP contribution >= 0.6 is 27.7 Å². The molecule has 0 spiro atoms. The average Bonchev–Trinajstić information content (AvgIpc) is 2.31. The molecule has 2 aromatic carbocycles. The molecule has 0 aliphatic rings. The molecule has 2 aromatic rings. The Morgan fingerprint density at radius 3 is 2.61 bits per heavy atom. The van der Waals surface area contributed by atoms with Gasteiger partial charge in [-0.3, -0.25) is 0 Å². The highest BCUT2D eigenvalue weighted by atomic mass is 79.9. The Hall–Kier alpha value is -1.33. The fraction of sp³-hybridized carbons (Fsp3) is 0. The van der Waals surface area contributed by atoms with E-state index in [2.05, 4.69) is 15.9 Å². The van der Waals surface area contributed by atoms with E-state index in [1.807, 2.05) is 0 Å². The Labute approximate surface area is 116 Å². The van der Waals surface area contributed by atoms with Crippen molar-refractivity contribution < 1.29 is 14.3 Å². The number of aromatic carboxylic acids is 1. The number of carboxylic acids is 1. The minimum absolute atomic E-state index is 0.170. The van der Waals surface area contributed by atoms with Gasteiger partial charge < -0.3 is 5.11 Å². The van der Waals surface area contributed by atoms with Crippen LogP contribution in [0.5, 0.6) is 0 Å². The molecule has 0 amide bonds. The van der Waals surface area contributed by atoms with Crippen molar-refractivity contribution in [2.75, 3.05) is 0 Å². The van der Waals surface area contributed by atoms with Crippen molar-refractivity contribution in [3.05, 3.63) is 58.3 Å². The van der Waals surface area contributed by atoms with E-state index in [0.717, 1.165) is 0 Å². The average molecular weight is 327 g/mol. The van der Waals surface area contributed by atoms with Gasteiger partial charge in [0.2, 0.25) is 0 Å². The number of rotatable bonds is 3. The Morgan fingerprint density at radius 2 is 1.94 bits per heavy atom. The van der Waals surface area contributed by atoms with Gasteiger partial charge in [-0.1, -0.05) is 39.8 Å². The first kappa shape index (κ1) is 13.1. The molecule has 0 aliphatic carbocycles. The van der Waals surface area contributed by atoms with Crippen molar-refractivity contribution in [3.63, 3.8) is 0 Å². The van der Waals surface area contributed by atoms with E-state index in [-0.39, 0.29) is 11.4 Å². The van der Waals surface area contributed by atoms with Crippen molar-refractivity contribution in [2.45, 2.75) is 9.79 Å². The zero-order chi connectivity index (χ0) is 13.1. The summed E-state index contributed by atoms with van der Waals surface area (Å²) in [5.41, 5.74) is 0.170. The lowest BCUT2D eigenvalue weighted by atomic mass is 10.2. The largest absolute Gasteiger partial charge is 0.478 e. The van der Waals surface area contributed by atoms with Crippen LogP contribution in [0.3, 0.4) is 0 Å². The van der Waals surface area contributed by atoms with Gasteiger partial charge in [-0.05, 0) is 30.3 Å². The lowest BCUT2D eigenvalue weighted by Gasteiger charge is -2.05. The van der Waals surface area contributed by atoms with Gasteiger partial charge in [0.05, 0.1) is 5.56 Å². The Kier molecular flexibility index (Phi) is 4.04. The van der Waals surface area contributed by atoms with E-state index >= 15 is 0 Å². The maximum Gasteiger partial charge on any atom is 0.335 e. The Balaban J connectivity index is 2.35. The number of hydrogen-bond acceptors (Lipinski definition) is 2. The molecule has 18 heavy (non-hydrogen) atoms. The predicted molar refractivity (Wildman–Crippen MR) is 71.6 cm³/mol. The lowest BCUT2D eigenvalue weighted by molar-refractivity contribution is 0.0696. The number of carboxylic acid groups (broad SMARTS) is 1. The molecule has 5 heteroatoms. The maximum atomic E-state index is 13.5. The van der Waals surface area contributed by atoms with Crippen molar-refractivity contribution in [3.8, 4) is 0 Å². The van der Waals surface area contributed by atoms with Crippen LogP contribution < -0.4 is 0 Å². The second kappa shape index (κ2) is 5.54. The standard InChI is InChI=1S/C13H8BrFO2S/c14-9-5-8(13(16)17)6-10(7-9)18-12-4-2-1-3-11(12)15/h1-7H,(H,16,17). The minimum Gasteiger partial charge on any atom is -0.478 e. The highest BCUT2D eigenvalue weighted by Crippen LogP contribution is 2.32. The van der Waals surface area contributed by atoms with Crippen molar-refractivity contribution in [1.82, 2.24) is 0 Å². The third kappa shape index (κ3) is 3.11. The van der Waals surface area contributed by atoms with Crippen LogP contribution in [0.1, 0.15) is 10.4 Å². The number of halogens is 2. The molecule has 0 aromatic heterocycles. The molecule has 1 N–H and O–H groups in total. The number of benzene rings is 2. The summed E-state index contributed by atoms with van der Waals surface area (Å²) in [6.45, 7) is 0. The van der Waals surface area contributed by atoms with Crippen molar-refractivity contribution >= 4 is 33.7 Å². The van der Waals surface area contributed by atoms with E-state index in [4.69, 9.17) is 5.11 Å². The molecule has 0 radical (unpaired) electrons. The Morgan fingerprint density at radius 1 is 1.22 bits per heavy atom. The highest BCUT2D eigenvalue weighted by molar-refractivity contribution is 9.10. The Bertz CT molecular complexity index is 601. The van der Waals surface area contributed by atoms with Gasteiger partial charge in [0.15, 0.2) is 0 Å². The monoisotopic (exact) mass is 326 g/mol. The van der Waals surface area contributed by atoms with Gasteiger partial charge in [-0.2, -0.15) is 0 Å². The first-order chi connectivity index (χ1) is 8.56. The molecule has 92 valence electrons. The zero-order valence-electron chi connectivity index (χ0n) is 9.06. The van der Waals surface area contributed by atoms with Crippen LogP contribution in [0.4, 0.5) is 4.39 Å². The second-order valence-electron chi connectivity index (χ2n) is 3.51. The van der Waals surface area contributed by atoms with Gasteiger partial charge in [0.1, 0.15) is 5.82 Å².